The lowest BCUT2D eigenvalue weighted by molar-refractivity contribution is -0.113. The number of anilines is 1. The number of carboxylic acids is 1. The molecule has 6 heteroatoms. The molecule has 0 unspecified atom stereocenters. The van der Waals surface area contributed by atoms with E-state index < -0.39 is 5.97 Å². The predicted octanol–water partition coefficient (Wildman–Crippen LogP) is 5.19. The first-order valence-electron chi connectivity index (χ1n) is 8.88. The van der Waals surface area contributed by atoms with Gasteiger partial charge in [0.05, 0.1) is 21.8 Å². The molecule has 0 spiro atoms. The summed E-state index contributed by atoms with van der Waals surface area (Å²) in [6.45, 7) is 0. The van der Waals surface area contributed by atoms with Gasteiger partial charge in [-0.25, -0.2) is 9.79 Å². The number of rotatable bonds is 4. The van der Waals surface area contributed by atoms with E-state index in [1.54, 1.807) is 23.1 Å². The summed E-state index contributed by atoms with van der Waals surface area (Å²) in [7, 11) is 0. The van der Waals surface area contributed by atoms with Crippen molar-refractivity contribution in [3.63, 3.8) is 0 Å². The van der Waals surface area contributed by atoms with E-state index in [9.17, 15) is 9.59 Å². The summed E-state index contributed by atoms with van der Waals surface area (Å²) < 4.78 is 0. The molecule has 29 heavy (non-hydrogen) atoms. The predicted molar refractivity (Wildman–Crippen MR) is 116 cm³/mol. The van der Waals surface area contributed by atoms with E-state index in [0.29, 0.717) is 10.1 Å². The zero-order valence-electron chi connectivity index (χ0n) is 15.2. The molecule has 3 aromatic rings. The Hall–Kier alpha value is -3.64. The third kappa shape index (κ3) is 4.12. The number of aliphatic imine (C=N–C) groups is 1. The van der Waals surface area contributed by atoms with Crippen LogP contribution in [0.1, 0.15) is 15.9 Å². The Bertz CT molecular complexity index is 1110. The van der Waals surface area contributed by atoms with E-state index in [1.165, 1.54) is 23.9 Å². The summed E-state index contributed by atoms with van der Waals surface area (Å²) in [5, 5.41) is 9.61. The van der Waals surface area contributed by atoms with Gasteiger partial charge in [-0.05, 0) is 59.8 Å². The number of carbonyl (C=O) groups is 2. The largest absolute Gasteiger partial charge is 0.478 e. The van der Waals surface area contributed by atoms with Crippen LogP contribution in [0.5, 0.6) is 0 Å². The van der Waals surface area contributed by atoms with Crippen molar-refractivity contribution in [1.29, 1.82) is 0 Å². The van der Waals surface area contributed by atoms with Crippen LogP contribution in [0, 0.1) is 0 Å². The first-order chi connectivity index (χ1) is 14.1. The van der Waals surface area contributed by atoms with Gasteiger partial charge in [-0.15, -0.1) is 0 Å². The van der Waals surface area contributed by atoms with Crippen molar-refractivity contribution in [1.82, 2.24) is 0 Å². The second-order valence-corrected chi connectivity index (χ2v) is 7.25. The third-order valence-corrected chi connectivity index (χ3v) is 5.23. The van der Waals surface area contributed by atoms with Gasteiger partial charge in [0, 0.05) is 0 Å². The van der Waals surface area contributed by atoms with Gasteiger partial charge >= 0.3 is 5.97 Å². The highest BCUT2D eigenvalue weighted by atomic mass is 32.2. The van der Waals surface area contributed by atoms with Crippen LogP contribution in [0.2, 0.25) is 0 Å². The van der Waals surface area contributed by atoms with Crippen LogP contribution < -0.4 is 4.90 Å². The molecule has 1 aliphatic rings. The van der Waals surface area contributed by atoms with Crippen molar-refractivity contribution in [3.05, 3.63) is 101 Å². The Balaban J connectivity index is 1.72. The molecule has 1 heterocycles. The minimum absolute atomic E-state index is 0.168. The molecule has 1 fully saturated rings. The molecule has 142 valence electrons. The normalized spacial score (nSPS) is 16.6. The number of benzene rings is 3. The molecule has 1 aliphatic heterocycles. The molecule has 3 aromatic carbocycles. The molecule has 0 atom stereocenters. The van der Waals surface area contributed by atoms with E-state index in [-0.39, 0.29) is 11.5 Å². The van der Waals surface area contributed by atoms with E-state index in [4.69, 9.17) is 5.11 Å². The van der Waals surface area contributed by atoms with Crippen LogP contribution in [-0.2, 0) is 4.79 Å². The lowest BCUT2D eigenvalue weighted by atomic mass is 10.1. The fourth-order valence-electron chi connectivity index (χ4n) is 2.84. The number of para-hydroxylation sites is 2. The van der Waals surface area contributed by atoms with Gasteiger partial charge in [0.25, 0.3) is 5.91 Å². The zero-order valence-corrected chi connectivity index (χ0v) is 16.0. The quantitative estimate of drug-likeness (QED) is 0.612. The highest BCUT2D eigenvalue weighted by Gasteiger charge is 2.34. The summed E-state index contributed by atoms with van der Waals surface area (Å²) in [5.74, 6) is -1.15. The standard InChI is InChI=1S/C23H16N2O3S/c26-21-20(15-16-11-13-17(14-12-16)22(27)28)29-23(24-18-7-3-1-4-8-18)25(21)19-9-5-2-6-10-19/h1-15H,(H,27,28)/b20-15-,24-23?. The Labute approximate surface area is 172 Å². The smallest absolute Gasteiger partial charge is 0.335 e. The fraction of sp³-hybridized carbons (Fsp3) is 0. The van der Waals surface area contributed by atoms with Gasteiger partial charge < -0.3 is 5.11 Å². The molecule has 4 rings (SSSR count). The van der Waals surface area contributed by atoms with Crippen LogP contribution >= 0.6 is 11.8 Å². The van der Waals surface area contributed by atoms with Gasteiger partial charge in [0.1, 0.15) is 0 Å². The molecular formula is C23H16N2O3S. The van der Waals surface area contributed by atoms with Crippen molar-refractivity contribution in [2.75, 3.05) is 4.90 Å². The van der Waals surface area contributed by atoms with Gasteiger partial charge in [0.15, 0.2) is 5.17 Å². The Morgan fingerprint density at radius 2 is 1.52 bits per heavy atom. The molecule has 0 saturated carbocycles. The second-order valence-electron chi connectivity index (χ2n) is 6.24. The molecule has 1 N–H and O–H groups in total. The number of aromatic carboxylic acids is 1. The topological polar surface area (TPSA) is 70.0 Å². The highest BCUT2D eigenvalue weighted by molar-refractivity contribution is 8.19. The molecule has 1 amide bonds. The van der Waals surface area contributed by atoms with E-state index in [0.717, 1.165) is 16.9 Å². The lowest BCUT2D eigenvalue weighted by Crippen LogP contribution is -2.28. The molecule has 0 aliphatic carbocycles. The van der Waals surface area contributed by atoms with Gasteiger partial charge in [-0.1, -0.05) is 48.5 Å². The summed E-state index contributed by atoms with van der Waals surface area (Å²) in [6, 6.07) is 25.3. The van der Waals surface area contributed by atoms with Crippen molar-refractivity contribution >= 4 is 46.3 Å². The second kappa shape index (κ2) is 8.16. The SMILES string of the molecule is O=C(O)c1ccc(/C=C2\SC(=Nc3ccccc3)N(c3ccccc3)C2=O)cc1. The van der Waals surface area contributed by atoms with Gasteiger partial charge in [-0.3, -0.25) is 9.69 Å². The van der Waals surface area contributed by atoms with E-state index in [1.807, 2.05) is 60.7 Å². The molecular weight excluding hydrogens is 384 g/mol. The number of amides is 1. The van der Waals surface area contributed by atoms with Crippen molar-refractivity contribution in [2.24, 2.45) is 4.99 Å². The van der Waals surface area contributed by atoms with Crippen LogP contribution in [0.25, 0.3) is 6.08 Å². The van der Waals surface area contributed by atoms with Crippen molar-refractivity contribution in [2.45, 2.75) is 0 Å². The van der Waals surface area contributed by atoms with E-state index >= 15 is 0 Å². The first-order valence-corrected chi connectivity index (χ1v) is 9.69. The van der Waals surface area contributed by atoms with Crippen LogP contribution in [0.15, 0.2) is 94.8 Å². The average Bonchev–Trinajstić information content (AvgIpc) is 3.04. The number of carbonyl (C=O) groups excluding carboxylic acids is 1. The molecule has 0 bridgehead atoms. The maximum atomic E-state index is 13.1. The van der Waals surface area contributed by atoms with Crippen molar-refractivity contribution in [3.8, 4) is 0 Å². The number of amidine groups is 1. The Morgan fingerprint density at radius 1 is 0.897 bits per heavy atom. The van der Waals surface area contributed by atoms with Crippen molar-refractivity contribution < 1.29 is 14.7 Å². The number of carboxylic acid groups (broad SMARTS) is 1. The van der Waals surface area contributed by atoms with Crippen LogP contribution in [0.3, 0.4) is 0 Å². The summed E-state index contributed by atoms with van der Waals surface area (Å²) in [5.41, 5.74) is 2.45. The summed E-state index contributed by atoms with van der Waals surface area (Å²) in [6.07, 6.45) is 1.75. The molecule has 5 nitrogen and oxygen atoms in total. The van der Waals surface area contributed by atoms with Gasteiger partial charge in [-0.2, -0.15) is 0 Å². The molecule has 0 aromatic heterocycles. The molecule has 1 saturated heterocycles. The number of thioether (sulfide) groups is 1. The van der Waals surface area contributed by atoms with E-state index in [2.05, 4.69) is 4.99 Å². The zero-order chi connectivity index (χ0) is 20.2. The fourth-order valence-corrected chi connectivity index (χ4v) is 3.84. The minimum Gasteiger partial charge on any atom is -0.478 e. The third-order valence-electron chi connectivity index (χ3n) is 4.26. The summed E-state index contributed by atoms with van der Waals surface area (Å²) >= 11 is 1.29. The average molecular weight is 400 g/mol. The first kappa shape index (κ1) is 18.7. The minimum atomic E-state index is -0.983. The number of hydrogen-bond donors (Lipinski definition) is 1. The van der Waals surface area contributed by atoms with Crippen LogP contribution in [0.4, 0.5) is 11.4 Å². The Morgan fingerprint density at radius 3 is 2.14 bits per heavy atom. The number of nitrogens with zero attached hydrogens (tertiary/aromatic N) is 2. The monoisotopic (exact) mass is 400 g/mol. The van der Waals surface area contributed by atoms with Crippen LogP contribution in [-0.4, -0.2) is 22.2 Å². The molecule has 0 radical (unpaired) electrons. The van der Waals surface area contributed by atoms with Gasteiger partial charge in [0.2, 0.25) is 0 Å². The maximum absolute atomic E-state index is 13.1. The maximum Gasteiger partial charge on any atom is 0.335 e. The lowest BCUT2D eigenvalue weighted by Gasteiger charge is -2.15. The summed E-state index contributed by atoms with van der Waals surface area (Å²) in [4.78, 5) is 31.0. The highest BCUT2D eigenvalue weighted by Crippen LogP contribution is 2.37. The number of hydrogen-bond acceptors (Lipinski definition) is 4. The Kier molecular flexibility index (Phi) is 5.27.